The van der Waals surface area contributed by atoms with Crippen molar-refractivity contribution in [3.8, 4) is 5.75 Å². The van der Waals surface area contributed by atoms with E-state index in [0.29, 0.717) is 0 Å². The number of carbonyl (C=O) groups is 2. The number of carbonyl (C=O) groups excluding carboxylic acids is 1. The van der Waals surface area contributed by atoms with Crippen LogP contribution in [0.25, 0.3) is 0 Å². The minimum atomic E-state index is -4.70. The molecule has 1 saturated heterocycles. The number of hydrogen-bond donors (Lipinski definition) is 1. The summed E-state index contributed by atoms with van der Waals surface area (Å²) in [5, 5.41) is 8.88. The third-order valence-electron chi connectivity index (χ3n) is 3.59. The van der Waals surface area contributed by atoms with E-state index in [4.69, 9.17) is 9.84 Å². The fourth-order valence-corrected chi connectivity index (χ4v) is 2.36. The predicted molar refractivity (Wildman–Crippen MR) is 69.1 cm³/mol. The molecular weight excluding hydrogens is 322 g/mol. The number of halogens is 4. The molecule has 0 unspecified atom stereocenters. The van der Waals surface area contributed by atoms with E-state index >= 15 is 0 Å². The fraction of sp³-hybridized carbons (Fsp3) is 0.429. The lowest BCUT2D eigenvalue weighted by Gasteiger charge is -2.18. The van der Waals surface area contributed by atoms with Crippen molar-refractivity contribution in [1.29, 1.82) is 0 Å². The largest absolute Gasteiger partial charge is 0.484 e. The molecule has 23 heavy (non-hydrogen) atoms. The lowest BCUT2D eigenvalue weighted by atomic mass is 9.96. The van der Waals surface area contributed by atoms with Gasteiger partial charge in [0.15, 0.2) is 6.61 Å². The van der Waals surface area contributed by atoms with E-state index in [-0.39, 0.29) is 5.75 Å². The van der Waals surface area contributed by atoms with Crippen molar-refractivity contribution in [2.75, 3.05) is 19.7 Å². The number of hydrogen-bond acceptors (Lipinski definition) is 3. The number of likely N-dealkylation sites (tertiary alicyclic amines) is 1. The van der Waals surface area contributed by atoms with E-state index in [9.17, 15) is 27.2 Å². The third-order valence-corrected chi connectivity index (χ3v) is 3.59. The van der Waals surface area contributed by atoms with Crippen LogP contribution in [-0.4, -0.2) is 47.8 Å². The van der Waals surface area contributed by atoms with Gasteiger partial charge >= 0.3 is 12.1 Å². The van der Waals surface area contributed by atoms with E-state index in [1.807, 2.05) is 0 Å². The third kappa shape index (κ3) is 4.11. The van der Waals surface area contributed by atoms with E-state index in [2.05, 4.69) is 0 Å². The second-order valence-electron chi connectivity index (χ2n) is 5.13. The molecule has 1 aliphatic heterocycles. The Balaban J connectivity index is 1.97. The Bertz CT molecular complexity index is 587. The minimum absolute atomic E-state index is 0.182. The number of aliphatic carboxylic acids is 1. The smallest absolute Gasteiger partial charge is 0.394 e. The molecule has 0 spiro atoms. The fourth-order valence-electron chi connectivity index (χ4n) is 2.36. The second-order valence-corrected chi connectivity index (χ2v) is 5.13. The molecule has 126 valence electrons. The molecule has 1 aliphatic rings. The summed E-state index contributed by atoms with van der Waals surface area (Å²) in [4.78, 5) is 23.6. The van der Waals surface area contributed by atoms with E-state index < -0.39 is 55.4 Å². The number of ether oxygens (including phenoxy) is 1. The SMILES string of the molecule is O=C(O)[C@@H]1CN(C(=O)COc2ccc(F)cc2)C[C@H]1C(F)(F)F. The van der Waals surface area contributed by atoms with Gasteiger partial charge in [-0.05, 0) is 24.3 Å². The van der Waals surface area contributed by atoms with Crippen molar-refractivity contribution in [1.82, 2.24) is 4.90 Å². The predicted octanol–water partition coefficient (Wildman–Crippen LogP) is 1.93. The van der Waals surface area contributed by atoms with Gasteiger partial charge in [0.1, 0.15) is 11.6 Å². The Morgan fingerprint density at radius 2 is 1.83 bits per heavy atom. The molecule has 0 aliphatic carbocycles. The lowest BCUT2D eigenvalue weighted by Crippen LogP contribution is -2.35. The molecule has 1 aromatic carbocycles. The van der Waals surface area contributed by atoms with Crippen LogP contribution in [0.1, 0.15) is 0 Å². The molecule has 1 amide bonds. The first-order valence-electron chi connectivity index (χ1n) is 6.64. The molecule has 5 nitrogen and oxygen atoms in total. The second kappa shape index (κ2) is 6.43. The van der Waals surface area contributed by atoms with Crippen molar-refractivity contribution < 1.29 is 37.0 Å². The number of amides is 1. The van der Waals surface area contributed by atoms with Gasteiger partial charge in [-0.1, -0.05) is 0 Å². The summed E-state index contributed by atoms with van der Waals surface area (Å²) in [6.07, 6.45) is -4.70. The first-order valence-corrected chi connectivity index (χ1v) is 6.64. The molecule has 0 saturated carbocycles. The Morgan fingerprint density at radius 3 is 2.30 bits per heavy atom. The topological polar surface area (TPSA) is 66.8 Å². The van der Waals surface area contributed by atoms with Crippen LogP contribution in [0.15, 0.2) is 24.3 Å². The highest BCUT2D eigenvalue weighted by atomic mass is 19.4. The van der Waals surface area contributed by atoms with Gasteiger partial charge in [0.25, 0.3) is 5.91 Å². The van der Waals surface area contributed by atoms with Crippen LogP contribution in [0.3, 0.4) is 0 Å². The average molecular weight is 335 g/mol. The summed E-state index contributed by atoms with van der Waals surface area (Å²) >= 11 is 0. The number of alkyl halides is 3. The Labute approximate surface area is 128 Å². The molecular formula is C14H13F4NO4. The van der Waals surface area contributed by atoms with Crippen molar-refractivity contribution in [2.45, 2.75) is 6.18 Å². The van der Waals surface area contributed by atoms with Crippen molar-refractivity contribution in [2.24, 2.45) is 11.8 Å². The van der Waals surface area contributed by atoms with Gasteiger partial charge in [-0.3, -0.25) is 9.59 Å². The van der Waals surface area contributed by atoms with Gasteiger partial charge in [0, 0.05) is 13.1 Å². The molecule has 2 atom stereocenters. The molecule has 2 rings (SSSR count). The monoisotopic (exact) mass is 335 g/mol. The molecule has 1 N–H and O–H groups in total. The maximum atomic E-state index is 12.8. The maximum Gasteiger partial charge on any atom is 0.394 e. The zero-order valence-corrected chi connectivity index (χ0v) is 11.7. The van der Waals surface area contributed by atoms with Crippen molar-refractivity contribution in [3.63, 3.8) is 0 Å². The number of nitrogens with zero attached hydrogens (tertiary/aromatic N) is 1. The van der Waals surface area contributed by atoms with Crippen LogP contribution in [0.4, 0.5) is 17.6 Å². The normalized spacial score (nSPS) is 21.3. The summed E-state index contributed by atoms with van der Waals surface area (Å²) in [5.74, 6) is -6.46. The summed E-state index contributed by atoms with van der Waals surface area (Å²) < 4.78 is 56.3. The zero-order chi connectivity index (χ0) is 17.2. The van der Waals surface area contributed by atoms with Gasteiger partial charge < -0.3 is 14.7 Å². The van der Waals surface area contributed by atoms with Crippen molar-refractivity contribution >= 4 is 11.9 Å². The highest BCUT2D eigenvalue weighted by Crippen LogP contribution is 2.37. The molecule has 1 fully saturated rings. The quantitative estimate of drug-likeness (QED) is 0.854. The van der Waals surface area contributed by atoms with Gasteiger partial charge in [-0.2, -0.15) is 13.2 Å². The Morgan fingerprint density at radius 1 is 1.22 bits per heavy atom. The van der Waals surface area contributed by atoms with Crippen LogP contribution in [0.2, 0.25) is 0 Å². The molecule has 0 aromatic heterocycles. The van der Waals surface area contributed by atoms with E-state index in [1.165, 1.54) is 12.1 Å². The summed E-state index contributed by atoms with van der Waals surface area (Å²) in [5.41, 5.74) is 0. The zero-order valence-electron chi connectivity index (χ0n) is 11.7. The van der Waals surface area contributed by atoms with E-state index in [0.717, 1.165) is 17.0 Å². The summed E-state index contributed by atoms with van der Waals surface area (Å²) in [6, 6.07) is 4.75. The van der Waals surface area contributed by atoms with Crippen LogP contribution in [0, 0.1) is 17.7 Å². The highest BCUT2D eigenvalue weighted by Gasteiger charge is 2.53. The molecule has 9 heteroatoms. The van der Waals surface area contributed by atoms with Gasteiger partial charge in [-0.25, -0.2) is 4.39 Å². The van der Waals surface area contributed by atoms with Crippen LogP contribution >= 0.6 is 0 Å². The number of rotatable bonds is 4. The Hall–Kier alpha value is -2.32. The number of carboxylic acids is 1. The average Bonchev–Trinajstić information content (AvgIpc) is 2.92. The Kier molecular flexibility index (Phi) is 4.76. The standard InChI is InChI=1S/C14H13F4NO4/c15-8-1-3-9(4-2-8)23-7-12(20)19-5-10(13(21)22)11(6-19)14(16,17)18/h1-4,10-11H,5-7H2,(H,21,22)/t10-,11-/m1/s1. The van der Waals surface area contributed by atoms with Gasteiger partial charge in [-0.15, -0.1) is 0 Å². The lowest BCUT2D eigenvalue weighted by molar-refractivity contribution is -0.188. The highest BCUT2D eigenvalue weighted by molar-refractivity contribution is 5.80. The van der Waals surface area contributed by atoms with Gasteiger partial charge in [0.2, 0.25) is 0 Å². The molecule has 1 heterocycles. The van der Waals surface area contributed by atoms with Crippen LogP contribution in [0.5, 0.6) is 5.75 Å². The summed E-state index contributed by atoms with van der Waals surface area (Å²) in [7, 11) is 0. The first kappa shape index (κ1) is 17.0. The minimum Gasteiger partial charge on any atom is -0.484 e. The first-order chi connectivity index (χ1) is 10.7. The molecule has 1 aromatic rings. The van der Waals surface area contributed by atoms with Gasteiger partial charge in [0.05, 0.1) is 11.8 Å². The maximum absolute atomic E-state index is 12.8. The number of carboxylic acid groups (broad SMARTS) is 1. The summed E-state index contributed by atoms with van der Waals surface area (Å²) in [6.45, 7) is -1.79. The molecule has 0 radical (unpaired) electrons. The van der Waals surface area contributed by atoms with Crippen LogP contribution < -0.4 is 4.74 Å². The van der Waals surface area contributed by atoms with Crippen LogP contribution in [-0.2, 0) is 9.59 Å². The van der Waals surface area contributed by atoms with E-state index in [1.54, 1.807) is 0 Å². The van der Waals surface area contributed by atoms with Crippen molar-refractivity contribution in [3.05, 3.63) is 30.1 Å². The number of benzene rings is 1. The molecule has 0 bridgehead atoms.